The standard InChI is InChI=1S/C21H20N2O4S2/c1-26-16-8-5-7-15(13-16)22-19(24)10-11-23-20(25)18(29-21(23)28)12-14-6-3-4-9-17(14)27-2/h3-9,12-13H,10-11H2,1-2H3,(H,22,24)/b18-12-. The van der Waals surface area contributed by atoms with E-state index in [1.54, 1.807) is 44.6 Å². The Morgan fingerprint density at radius 2 is 1.97 bits per heavy atom. The maximum Gasteiger partial charge on any atom is 0.266 e. The summed E-state index contributed by atoms with van der Waals surface area (Å²) in [6, 6.07) is 14.5. The van der Waals surface area contributed by atoms with Crippen LogP contribution < -0.4 is 14.8 Å². The molecular weight excluding hydrogens is 408 g/mol. The van der Waals surface area contributed by atoms with Gasteiger partial charge in [0.25, 0.3) is 5.91 Å². The van der Waals surface area contributed by atoms with Crippen molar-refractivity contribution in [2.24, 2.45) is 0 Å². The highest BCUT2D eigenvalue weighted by Crippen LogP contribution is 2.34. The highest BCUT2D eigenvalue weighted by molar-refractivity contribution is 8.26. The lowest BCUT2D eigenvalue weighted by molar-refractivity contribution is -0.122. The number of thioether (sulfide) groups is 1. The lowest BCUT2D eigenvalue weighted by atomic mass is 10.2. The van der Waals surface area contributed by atoms with Gasteiger partial charge in [-0.2, -0.15) is 0 Å². The quantitative estimate of drug-likeness (QED) is 0.532. The molecular formula is C21H20N2O4S2. The molecule has 1 N–H and O–H groups in total. The van der Waals surface area contributed by atoms with Gasteiger partial charge in [-0.25, -0.2) is 0 Å². The number of amides is 2. The first kappa shape index (κ1) is 20.9. The van der Waals surface area contributed by atoms with Gasteiger partial charge in [0.2, 0.25) is 5.91 Å². The topological polar surface area (TPSA) is 67.9 Å². The van der Waals surface area contributed by atoms with Crippen LogP contribution >= 0.6 is 24.0 Å². The van der Waals surface area contributed by atoms with Gasteiger partial charge in [0, 0.05) is 30.3 Å². The molecule has 0 radical (unpaired) electrons. The number of carbonyl (C=O) groups is 2. The maximum absolute atomic E-state index is 12.7. The lowest BCUT2D eigenvalue weighted by Crippen LogP contribution is -2.31. The predicted molar refractivity (Wildman–Crippen MR) is 119 cm³/mol. The molecule has 1 fully saturated rings. The molecule has 3 rings (SSSR count). The third-order valence-corrected chi connectivity index (χ3v) is 5.59. The molecule has 1 aliphatic rings. The average molecular weight is 429 g/mol. The van der Waals surface area contributed by atoms with Crippen molar-refractivity contribution in [3.05, 3.63) is 59.0 Å². The van der Waals surface area contributed by atoms with Crippen LogP contribution in [0.4, 0.5) is 5.69 Å². The molecule has 8 heteroatoms. The second kappa shape index (κ2) is 9.58. The number of thiocarbonyl (C=S) groups is 1. The van der Waals surface area contributed by atoms with Gasteiger partial charge < -0.3 is 14.8 Å². The van der Waals surface area contributed by atoms with Crippen LogP contribution in [-0.4, -0.2) is 41.8 Å². The number of carbonyl (C=O) groups excluding carboxylic acids is 2. The van der Waals surface area contributed by atoms with Gasteiger partial charge in [-0.3, -0.25) is 14.5 Å². The van der Waals surface area contributed by atoms with Crippen LogP contribution in [0.2, 0.25) is 0 Å². The van der Waals surface area contributed by atoms with Crippen LogP contribution in [0.3, 0.4) is 0 Å². The van der Waals surface area contributed by atoms with E-state index in [1.807, 2.05) is 24.3 Å². The fourth-order valence-electron chi connectivity index (χ4n) is 2.76. The van der Waals surface area contributed by atoms with Gasteiger partial charge in [0.1, 0.15) is 15.8 Å². The number of ether oxygens (including phenoxy) is 2. The zero-order valence-electron chi connectivity index (χ0n) is 16.0. The zero-order chi connectivity index (χ0) is 20.8. The van der Waals surface area contributed by atoms with E-state index in [2.05, 4.69) is 5.32 Å². The van der Waals surface area contributed by atoms with Crippen molar-refractivity contribution in [3.8, 4) is 11.5 Å². The summed E-state index contributed by atoms with van der Waals surface area (Å²) in [5.74, 6) is 0.915. The van der Waals surface area contributed by atoms with E-state index in [0.717, 1.165) is 5.56 Å². The first-order valence-corrected chi connectivity index (χ1v) is 10.1. The van der Waals surface area contributed by atoms with Crippen molar-refractivity contribution in [2.45, 2.75) is 6.42 Å². The van der Waals surface area contributed by atoms with Gasteiger partial charge in [-0.15, -0.1) is 0 Å². The summed E-state index contributed by atoms with van der Waals surface area (Å²) >= 11 is 6.56. The first-order valence-electron chi connectivity index (χ1n) is 8.84. The number of rotatable bonds is 7. The van der Waals surface area contributed by atoms with Crippen molar-refractivity contribution in [3.63, 3.8) is 0 Å². The van der Waals surface area contributed by atoms with E-state index < -0.39 is 0 Å². The molecule has 0 atom stereocenters. The Morgan fingerprint density at radius 3 is 2.72 bits per heavy atom. The van der Waals surface area contributed by atoms with Gasteiger partial charge in [0.05, 0.1) is 19.1 Å². The molecule has 0 aromatic heterocycles. The summed E-state index contributed by atoms with van der Waals surface area (Å²) in [6.45, 7) is 0.212. The van der Waals surface area contributed by atoms with Crippen LogP contribution in [-0.2, 0) is 9.59 Å². The molecule has 0 bridgehead atoms. The summed E-state index contributed by atoms with van der Waals surface area (Å²) in [5, 5.41) is 2.80. The van der Waals surface area contributed by atoms with Gasteiger partial charge >= 0.3 is 0 Å². The molecule has 2 aromatic rings. The van der Waals surface area contributed by atoms with Gasteiger partial charge in [0.15, 0.2) is 0 Å². The third kappa shape index (κ3) is 5.16. The fraction of sp³-hybridized carbons (Fsp3) is 0.190. The number of hydrogen-bond donors (Lipinski definition) is 1. The average Bonchev–Trinajstić information content (AvgIpc) is 2.99. The molecule has 0 saturated carbocycles. The van der Waals surface area contributed by atoms with E-state index in [1.165, 1.54) is 16.7 Å². The summed E-state index contributed by atoms with van der Waals surface area (Å²) in [7, 11) is 3.15. The number of methoxy groups -OCH3 is 2. The minimum Gasteiger partial charge on any atom is -0.497 e. The summed E-state index contributed by atoms with van der Waals surface area (Å²) < 4.78 is 10.9. The Morgan fingerprint density at radius 1 is 1.17 bits per heavy atom. The highest BCUT2D eigenvalue weighted by Gasteiger charge is 2.32. The fourth-order valence-corrected chi connectivity index (χ4v) is 4.06. The number of hydrogen-bond acceptors (Lipinski definition) is 6. The number of para-hydroxylation sites is 1. The van der Waals surface area contributed by atoms with E-state index in [0.29, 0.717) is 26.4 Å². The highest BCUT2D eigenvalue weighted by atomic mass is 32.2. The van der Waals surface area contributed by atoms with Crippen molar-refractivity contribution in [1.29, 1.82) is 0 Å². The Hall–Kier alpha value is -2.84. The molecule has 1 aliphatic heterocycles. The summed E-state index contributed by atoms with van der Waals surface area (Å²) in [5.41, 5.74) is 1.43. The number of benzene rings is 2. The third-order valence-electron chi connectivity index (χ3n) is 4.22. The van der Waals surface area contributed by atoms with E-state index in [4.69, 9.17) is 21.7 Å². The van der Waals surface area contributed by atoms with Gasteiger partial charge in [-0.05, 0) is 24.3 Å². The van der Waals surface area contributed by atoms with Crippen molar-refractivity contribution in [2.75, 3.05) is 26.1 Å². The lowest BCUT2D eigenvalue weighted by Gasteiger charge is -2.14. The Kier molecular flexibility index (Phi) is 6.90. The minimum atomic E-state index is -0.208. The van der Waals surface area contributed by atoms with Crippen LogP contribution in [0.1, 0.15) is 12.0 Å². The number of nitrogens with zero attached hydrogens (tertiary/aromatic N) is 1. The molecule has 2 aromatic carbocycles. The van der Waals surface area contributed by atoms with Crippen LogP contribution in [0.25, 0.3) is 6.08 Å². The van der Waals surface area contributed by atoms with Crippen molar-refractivity contribution in [1.82, 2.24) is 4.90 Å². The predicted octanol–water partition coefficient (Wildman–Crippen LogP) is 3.93. The monoisotopic (exact) mass is 428 g/mol. The van der Waals surface area contributed by atoms with Crippen LogP contribution in [0, 0.1) is 0 Å². The van der Waals surface area contributed by atoms with Crippen molar-refractivity contribution >= 4 is 51.9 Å². The van der Waals surface area contributed by atoms with Crippen LogP contribution in [0.15, 0.2) is 53.4 Å². The van der Waals surface area contributed by atoms with E-state index in [9.17, 15) is 9.59 Å². The minimum absolute atomic E-state index is 0.131. The Balaban J connectivity index is 1.63. The Labute approximate surface area is 178 Å². The maximum atomic E-state index is 12.7. The van der Waals surface area contributed by atoms with Gasteiger partial charge in [-0.1, -0.05) is 48.2 Å². The number of nitrogens with one attached hydrogen (secondary N) is 1. The number of anilines is 1. The first-order chi connectivity index (χ1) is 14.0. The molecule has 6 nitrogen and oxygen atoms in total. The molecule has 0 spiro atoms. The molecule has 0 unspecified atom stereocenters. The molecule has 1 heterocycles. The van der Waals surface area contributed by atoms with Crippen LogP contribution in [0.5, 0.6) is 11.5 Å². The smallest absolute Gasteiger partial charge is 0.266 e. The molecule has 2 amide bonds. The largest absolute Gasteiger partial charge is 0.497 e. The molecule has 29 heavy (non-hydrogen) atoms. The zero-order valence-corrected chi connectivity index (χ0v) is 17.6. The second-order valence-corrected chi connectivity index (χ2v) is 7.78. The second-order valence-electron chi connectivity index (χ2n) is 6.11. The summed E-state index contributed by atoms with van der Waals surface area (Å²) in [6.07, 6.45) is 1.89. The molecule has 150 valence electrons. The summed E-state index contributed by atoms with van der Waals surface area (Å²) in [4.78, 5) is 27.0. The normalized spacial score (nSPS) is 15.0. The molecule has 1 saturated heterocycles. The SMILES string of the molecule is COc1cccc(NC(=O)CCN2C(=O)/C(=C/c3ccccc3OC)SC2=S)c1. The molecule has 0 aliphatic carbocycles. The van der Waals surface area contributed by atoms with Crippen molar-refractivity contribution < 1.29 is 19.1 Å². The Bertz CT molecular complexity index is 975. The van der Waals surface area contributed by atoms with E-state index >= 15 is 0 Å². The van der Waals surface area contributed by atoms with E-state index in [-0.39, 0.29) is 24.8 Å².